The minimum absolute atomic E-state index is 0.0542. The predicted octanol–water partition coefficient (Wildman–Crippen LogP) is 3.04. The van der Waals surface area contributed by atoms with Gasteiger partial charge in [0.1, 0.15) is 17.2 Å². The van der Waals surface area contributed by atoms with Gasteiger partial charge in [-0.3, -0.25) is 9.97 Å². The Morgan fingerprint density at radius 3 is 2.59 bits per heavy atom. The van der Waals surface area contributed by atoms with Crippen LogP contribution in [0.15, 0.2) is 61.2 Å². The van der Waals surface area contributed by atoms with E-state index in [0.29, 0.717) is 0 Å². The number of nitrogens with one attached hydrogen (secondary N) is 1. The number of hydrogen-bond acceptors (Lipinski definition) is 6. The van der Waals surface area contributed by atoms with Crippen LogP contribution in [0.4, 0.5) is 5.82 Å². The Morgan fingerprint density at radius 1 is 0.966 bits per heavy atom. The zero-order valence-electron chi connectivity index (χ0n) is 16.6. The molecule has 1 saturated heterocycles. The first-order valence-corrected chi connectivity index (χ1v) is 9.81. The number of hydrogen-bond donors (Lipinski definition) is 1. The Labute approximate surface area is 169 Å². The van der Waals surface area contributed by atoms with Gasteiger partial charge in [0, 0.05) is 61.1 Å². The van der Waals surface area contributed by atoms with Crippen molar-refractivity contribution >= 4 is 11.5 Å². The van der Waals surface area contributed by atoms with Crippen molar-refractivity contribution in [2.45, 2.75) is 19.4 Å². The summed E-state index contributed by atoms with van der Waals surface area (Å²) in [4.78, 5) is 15.7. The normalized spacial score (nSPS) is 16.3. The van der Waals surface area contributed by atoms with E-state index in [0.717, 1.165) is 53.6 Å². The molecule has 0 saturated carbocycles. The van der Waals surface area contributed by atoms with Crippen LogP contribution in [0.5, 0.6) is 0 Å². The fraction of sp³-hybridized carbons (Fsp3) is 0.273. The molecule has 4 aromatic rings. The number of fused-ring (bicyclic) bond motifs is 1. The highest BCUT2D eigenvalue weighted by Crippen LogP contribution is 2.32. The van der Waals surface area contributed by atoms with Gasteiger partial charge in [-0.1, -0.05) is 0 Å². The van der Waals surface area contributed by atoms with Gasteiger partial charge in [0.25, 0.3) is 0 Å². The molecule has 146 valence electrons. The summed E-state index contributed by atoms with van der Waals surface area (Å²) in [6, 6.07) is 12.0. The van der Waals surface area contributed by atoms with Gasteiger partial charge >= 0.3 is 0 Å². The molecule has 1 aliphatic heterocycles. The third-order valence-corrected chi connectivity index (χ3v) is 5.25. The Bertz CT molecular complexity index is 1140. The maximum atomic E-state index is 5.00. The smallest absolute Gasteiger partial charge is 0.155 e. The topological polar surface area (TPSA) is 71.2 Å². The third kappa shape index (κ3) is 3.34. The Kier molecular flexibility index (Phi) is 4.24. The second-order valence-electron chi connectivity index (χ2n) is 7.98. The van der Waals surface area contributed by atoms with Crippen molar-refractivity contribution in [2.24, 2.45) is 0 Å². The molecule has 1 aliphatic rings. The second kappa shape index (κ2) is 6.93. The summed E-state index contributed by atoms with van der Waals surface area (Å²) in [5.41, 5.74) is 4.68. The average molecular weight is 385 g/mol. The molecule has 7 nitrogen and oxygen atoms in total. The van der Waals surface area contributed by atoms with E-state index in [1.54, 1.807) is 18.6 Å². The van der Waals surface area contributed by atoms with Gasteiger partial charge in [0.15, 0.2) is 5.65 Å². The lowest BCUT2D eigenvalue weighted by molar-refractivity contribution is 0.351. The largest absolute Gasteiger partial charge is 0.352 e. The van der Waals surface area contributed by atoms with Crippen LogP contribution < -0.4 is 10.2 Å². The highest BCUT2D eigenvalue weighted by molar-refractivity contribution is 5.81. The van der Waals surface area contributed by atoms with E-state index in [1.165, 1.54) is 0 Å². The van der Waals surface area contributed by atoms with Gasteiger partial charge < -0.3 is 10.2 Å². The number of aromatic nitrogens is 5. The fourth-order valence-corrected chi connectivity index (χ4v) is 3.90. The molecular weight excluding hydrogens is 362 g/mol. The van der Waals surface area contributed by atoms with E-state index in [1.807, 2.05) is 41.0 Å². The number of imidazole rings is 1. The molecule has 5 heterocycles. The van der Waals surface area contributed by atoms with Crippen LogP contribution in [0.25, 0.3) is 28.2 Å². The molecule has 0 radical (unpaired) electrons. The van der Waals surface area contributed by atoms with E-state index in [-0.39, 0.29) is 5.54 Å². The van der Waals surface area contributed by atoms with Crippen molar-refractivity contribution in [1.29, 1.82) is 0 Å². The van der Waals surface area contributed by atoms with E-state index in [2.05, 4.69) is 40.1 Å². The number of nitrogens with zero attached hydrogens (tertiary/aromatic N) is 6. The molecule has 4 aromatic heterocycles. The summed E-state index contributed by atoms with van der Waals surface area (Å²) in [7, 11) is 0. The summed E-state index contributed by atoms with van der Waals surface area (Å²) in [6.45, 7) is 7.21. The van der Waals surface area contributed by atoms with Crippen molar-refractivity contribution < 1.29 is 0 Å². The maximum Gasteiger partial charge on any atom is 0.155 e. The van der Waals surface area contributed by atoms with E-state index >= 15 is 0 Å². The molecule has 7 heteroatoms. The van der Waals surface area contributed by atoms with Gasteiger partial charge in [-0.25, -0.2) is 9.50 Å². The molecule has 0 unspecified atom stereocenters. The monoisotopic (exact) mass is 385 g/mol. The molecule has 0 aliphatic carbocycles. The average Bonchev–Trinajstić information content (AvgIpc) is 3.13. The summed E-state index contributed by atoms with van der Waals surface area (Å²) in [6.07, 6.45) is 7.20. The molecule has 0 spiro atoms. The second-order valence-corrected chi connectivity index (χ2v) is 7.98. The van der Waals surface area contributed by atoms with Gasteiger partial charge in [-0.05, 0) is 50.2 Å². The Balaban J connectivity index is 1.69. The highest BCUT2D eigenvalue weighted by Gasteiger charge is 2.27. The lowest BCUT2D eigenvalue weighted by Crippen LogP contribution is -2.57. The molecule has 0 atom stereocenters. The first-order valence-electron chi connectivity index (χ1n) is 9.81. The van der Waals surface area contributed by atoms with Crippen LogP contribution >= 0.6 is 0 Å². The first kappa shape index (κ1) is 17.8. The lowest BCUT2D eigenvalue weighted by atomic mass is 10.0. The minimum atomic E-state index is 0.0542. The van der Waals surface area contributed by atoms with Gasteiger partial charge in [0.05, 0.1) is 0 Å². The van der Waals surface area contributed by atoms with Crippen LogP contribution in [0, 0.1) is 0 Å². The third-order valence-electron chi connectivity index (χ3n) is 5.25. The summed E-state index contributed by atoms with van der Waals surface area (Å²) in [5.74, 6) is 0.956. The molecule has 0 bridgehead atoms. The SMILES string of the molecule is CC1(C)CN(c2ccc3nc(-c4cccnc4)c(-c4ccncc4)n3n2)CCN1. The van der Waals surface area contributed by atoms with Gasteiger partial charge in [-0.2, -0.15) is 0 Å². The van der Waals surface area contributed by atoms with E-state index < -0.39 is 0 Å². The number of pyridine rings is 2. The van der Waals surface area contributed by atoms with E-state index in [9.17, 15) is 0 Å². The van der Waals surface area contributed by atoms with Crippen LogP contribution in [0.3, 0.4) is 0 Å². The molecule has 1 N–H and O–H groups in total. The summed E-state index contributed by atoms with van der Waals surface area (Å²) >= 11 is 0. The van der Waals surface area contributed by atoms with Crippen molar-refractivity contribution in [3.8, 4) is 22.5 Å². The molecule has 5 rings (SSSR count). The van der Waals surface area contributed by atoms with Crippen LogP contribution in [0.2, 0.25) is 0 Å². The number of rotatable bonds is 3. The van der Waals surface area contributed by atoms with Crippen LogP contribution in [0.1, 0.15) is 13.8 Å². The van der Waals surface area contributed by atoms with Crippen molar-refractivity contribution in [3.63, 3.8) is 0 Å². The molecular formula is C22H23N7. The van der Waals surface area contributed by atoms with Crippen molar-refractivity contribution in [1.82, 2.24) is 29.9 Å². The zero-order valence-corrected chi connectivity index (χ0v) is 16.6. The molecule has 1 fully saturated rings. The van der Waals surface area contributed by atoms with Crippen molar-refractivity contribution in [2.75, 3.05) is 24.5 Å². The Morgan fingerprint density at radius 2 is 1.83 bits per heavy atom. The predicted molar refractivity (Wildman–Crippen MR) is 114 cm³/mol. The van der Waals surface area contributed by atoms with Gasteiger partial charge in [-0.15, -0.1) is 5.10 Å². The number of anilines is 1. The number of piperazine rings is 1. The molecule has 29 heavy (non-hydrogen) atoms. The quantitative estimate of drug-likeness (QED) is 0.584. The lowest BCUT2D eigenvalue weighted by Gasteiger charge is -2.39. The fourth-order valence-electron chi connectivity index (χ4n) is 3.90. The van der Waals surface area contributed by atoms with Crippen LogP contribution in [-0.4, -0.2) is 49.7 Å². The Hall–Kier alpha value is -3.32. The van der Waals surface area contributed by atoms with Crippen LogP contribution in [-0.2, 0) is 0 Å². The standard InChI is InChI=1S/C22H23N7/c1-22(2)15-28(13-12-25-22)19-6-5-18-26-20(17-4-3-9-24-14-17)21(29(18)27-19)16-7-10-23-11-8-16/h3-11,14,25H,12-13,15H2,1-2H3. The summed E-state index contributed by atoms with van der Waals surface area (Å²) in [5, 5.41) is 8.55. The molecule has 0 aromatic carbocycles. The van der Waals surface area contributed by atoms with E-state index in [4.69, 9.17) is 10.1 Å². The van der Waals surface area contributed by atoms with Gasteiger partial charge in [0.2, 0.25) is 0 Å². The minimum Gasteiger partial charge on any atom is -0.352 e. The first-order chi connectivity index (χ1) is 14.1. The highest BCUT2D eigenvalue weighted by atomic mass is 15.4. The maximum absolute atomic E-state index is 5.00. The zero-order chi connectivity index (χ0) is 19.8. The summed E-state index contributed by atoms with van der Waals surface area (Å²) < 4.78 is 1.95. The van der Waals surface area contributed by atoms with Crippen molar-refractivity contribution in [3.05, 3.63) is 61.2 Å². The molecule has 0 amide bonds.